The lowest BCUT2D eigenvalue weighted by Gasteiger charge is -2.32. The maximum absolute atomic E-state index is 14.0. The van der Waals surface area contributed by atoms with Crippen LogP contribution in [0.3, 0.4) is 0 Å². The SMILES string of the molecule is O=C(O)NC(CC(=O)N1CCS[C@@H]1C(=O)N1CCOCC1)Cc1cc(F)c(F)cc1F. The topological polar surface area (TPSA) is 99.2 Å². The molecule has 1 aromatic carbocycles. The van der Waals surface area contributed by atoms with E-state index in [4.69, 9.17) is 9.84 Å². The zero-order valence-corrected chi connectivity index (χ0v) is 17.3. The quantitative estimate of drug-likeness (QED) is 0.622. The minimum absolute atomic E-state index is 0.214. The maximum atomic E-state index is 14.0. The fraction of sp³-hybridized carbons (Fsp3) is 0.526. The molecule has 8 nitrogen and oxygen atoms in total. The number of ether oxygens (including phenoxy) is 1. The second-order valence-corrected chi connectivity index (χ2v) is 8.35. The zero-order valence-electron chi connectivity index (χ0n) is 16.5. The average Bonchev–Trinajstić information content (AvgIpc) is 3.21. The Kier molecular flexibility index (Phi) is 7.65. The van der Waals surface area contributed by atoms with Crippen molar-refractivity contribution in [1.29, 1.82) is 0 Å². The van der Waals surface area contributed by atoms with Crippen LogP contribution in [-0.4, -0.2) is 82.8 Å². The van der Waals surface area contributed by atoms with E-state index in [1.165, 1.54) is 16.7 Å². The molecule has 12 heteroatoms. The Morgan fingerprint density at radius 3 is 2.48 bits per heavy atom. The minimum Gasteiger partial charge on any atom is -0.465 e. The lowest BCUT2D eigenvalue weighted by molar-refractivity contribution is -0.144. The van der Waals surface area contributed by atoms with Crippen LogP contribution in [0.1, 0.15) is 12.0 Å². The normalized spacial score (nSPS) is 19.9. The number of hydrogen-bond acceptors (Lipinski definition) is 5. The smallest absolute Gasteiger partial charge is 0.404 e. The average molecular weight is 461 g/mol. The van der Waals surface area contributed by atoms with Crippen molar-refractivity contribution < 1.29 is 37.4 Å². The Hall–Kier alpha value is -2.47. The lowest BCUT2D eigenvalue weighted by atomic mass is 10.0. The largest absolute Gasteiger partial charge is 0.465 e. The van der Waals surface area contributed by atoms with Gasteiger partial charge in [0.25, 0.3) is 5.91 Å². The van der Waals surface area contributed by atoms with Crippen molar-refractivity contribution in [2.24, 2.45) is 0 Å². The number of carboxylic acid groups (broad SMARTS) is 1. The van der Waals surface area contributed by atoms with Crippen molar-refractivity contribution in [3.8, 4) is 0 Å². The second kappa shape index (κ2) is 10.2. The van der Waals surface area contributed by atoms with Gasteiger partial charge in [-0.3, -0.25) is 9.59 Å². The Labute approximate surface area is 180 Å². The standard InChI is InChI=1S/C19H22F3N3O5S/c20-13-10-15(22)14(21)8-11(13)7-12(23-19(28)29)9-16(26)25-3-6-31-18(25)17(27)24-1-4-30-5-2-24/h8,10,12,18,23H,1-7,9H2,(H,28,29)/t12?,18-/m1/s1. The maximum Gasteiger partial charge on any atom is 0.404 e. The molecule has 2 saturated heterocycles. The van der Waals surface area contributed by atoms with Crippen LogP contribution in [0, 0.1) is 17.5 Å². The van der Waals surface area contributed by atoms with Gasteiger partial charge in [0.15, 0.2) is 17.0 Å². The summed E-state index contributed by atoms with van der Waals surface area (Å²) in [7, 11) is 0. The van der Waals surface area contributed by atoms with Crippen LogP contribution in [0.4, 0.5) is 18.0 Å². The van der Waals surface area contributed by atoms with Crippen LogP contribution in [0.25, 0.3) is 0 Å². The summed E-state index contributed by atoms with van der Waals surface area (Å²) in [5.41, 5.74) is -0.262. The highest BCUT2D eigenvalue weighted by Gasteiger charge is 2.38. The third-order valence-corrected chi connectivity index (χ3v) is 6.24. The molecule has 2 aliphatic heterocycles. The summed E-state index contributed by atoms with van der Waals surface area (Å²) in [6.07, 6.45) is -2.17. The van der Waals surface area contributed by atoms with Gasteiger partial charge in [0.05, 0.1) is 13.2 Å². The Morgan fingerprint density at radius 2 is 1.81 bits per heavy atom. The van der Waals surface area contributed by atoms with Gasteiger partial charge in [-0.2, -0.15) is 0 Å². The van der Waals surface area contributed by atoms with Gasteiger partial charge < -0.3 is 25.0 Å². The number of benzene rings is 1. The molecule has 2 atom stereocenters. The molecule has 3 amide bonds. The van der Waals surface area contributed by atoms with Crippen LogP contribution in [-0.2, 0) is 20.7 Å². The minimum atomic E-state index is -1.45. The molecular weight excluding hydrogens is 439 g/mol. The van der Waals surface area contributed by atoms with Gasteiger partial charge in [-0.25, -0.2) is 18.0 Å². The molecule has 1 aromatic rings. The number of nitrogens with zero attached hydrogens (tertiary/aromatic N) is 2. The van der Waals surface area contributed by atoms with E-state index < -0.39 is 40.9 Å². The molecule has 0 aromatic heterocycles. The highest BCUT2D eigenvalue weighted by atomic mass is 32.2. The summed E-state index contributed by atoms with van der Waals surface area (Å²) < 4.78 is 45.9. The summed E-state index contributed by atoms with van der Waals surface area (Å²) in [4.78, 5) is 39.8. The molecule has 0 aliphatic carbocycles. The first kappa shape index (κ1) is 23.2. The number of carbonyl (C=O) groups is 3. The lowest BCUT2D eigenvalue weighted by Crippen LogP contribution is -2.51. The van der Waals surface area contributed by atoms with Crippen molar-refractivity contribution >= 4 is 29.7 Å². The first-order chi connectivity index (χ1) is 14.8. The van der Waals surface area contributed by atoms with Crippen molar-refractivity contribution in [2.45, 2.75) is 24.3 Å². The van der Waals surface area contributed by atoms with E-state index in [-0.39, 0.29) is 24.3 Å². The molecule has 2 fully saturated rings. The monoisotopic (exact) mass is 461 g/mol. The van der Waals surface area contributed by atoms with Gasteiger partial charge in [0.1, 0.15) is 5.82 Å². The van der Waals surface area contributed by atoms with Crippen molar-refractivity contribution in [3.63, 3.8) is 0 Å². The molecule has 1 unspecified atom stereocenters. The second-order valence-electron chi connectivity index (χ2n) is 7.16. The van der Waals surface area contributed by atoms with E-state index >= 15 is 0 Å². The van der Waals surface area contributed by atoms with Crippen LogP contribution in [0.15, 0.2) is 12.1 Å². The van der Waals surface area contributed by atoms with Gasteiger partial charge in [0.2, 0.25) is 5.91 Å². The van der Waals surface area contributed by atoms with Crippen LogP contribution >= 0.6 is 11.8 Å². The molecule has 0 radical (unpaired) electrons. The number of rotatable bonds is 6. The molecule has 2 N–H and O–H groups in total. The number of thioether (sulfide) groups is 1. The molecule has 2 heterocycles. The number of hydrogen-bond donors (Lipinski definition) is 2. The number of halogens is 3. The highest BCUT2D eigenvalue weighted by molar-refractivity contribution is 8.00. The van der Waals surface area contributed by atoms with Crippen molar-refractivity contribution in [3.05, 3.63) is 35.1 Å². The van der Waals surface area contributed by atoms with Crippen LogP contribution in [0.5, 0.6) is 0 Å². The number of carbonyl (C=O) groups excluding carboxylic acids is 2. The Morgan fingerprint density at radius 1 is 1.13 bits per heavy atom. The third-order valence-electron chi connectivity index (χ3n) is 5.05. The number of amides is 3. The molecule has 0 bridgehead atoms. The molecule has 0 saturated carbocycles. The number of nitrogens with one attached hydrogen (secondary N) is 1. The predicted octanol–water partition coefficient (Wildman–Crippen LogP) is 1.43. The summed E-state index contributed by atoms with van der Waals surface area (Å²) in [6, 6.07) is -0.0743. The Bertz CT molecular complexity index is 853. The van der Waals surface area contributed by atoms with E-state index in [0.29, 0.717) is 50.7 Å². The van der Waals surface area contributed by atoms with Gasteiger partial charge >= 0.3 is 6.09 Å². The van der Waals surface area contributed by atoms with Crippen molar-refractivity contribution in [2.75, 3.05) is 38.6 Å². The number of morpholine rings is 1. The molecule has 170 valence electrons. The molecule has 0 spiro atoms. The van der Waals surface area contributed by atoms with E-state index in [9.17, 15) is 27.6 Å². The van der Waals surface area contributed by atoms with Crippen LogP contribution in [0.2, 0.25) is 0 Å². The van der Waals surface area contributed by atoms with E-state index in [1.807, 2.05) is 0 Å². The van der Waals surface area contributed by atoms with Gasteiger partial charge in [-0.1, -0.05) is 0 Å². The fourth-order valence-electron chi connectivity index (χ4n) is 3.53. The van der Waals surface area contributed by atoms with Gasteiger partial charge in [-0.15, -0.1) is 11.8 Å². The van der Waals surface area contributed by atoms with E-state index in [2.05, 4.69) is 5.32 Å². The molecule has 31 heavy (non-hydrogen) atoms. The van der Waals surface area contributed by atoms with E-state index in [0.717, 1.165) is 0 Å². The predicted molar refractivity (Wildman–Crippen MR) is 105 cm³/mol. The molecular formula is C19H22F3N3O5S. The van der Waals surface area contributed by atoms with E-state index in [1.54, 1.807) is 4.90 Å². The summed E-state index contributed by atoms with van der Waals surface area (Å²) in [5, 5.41) is 10.5. The molecule has 2 aliphatic rings. The first-order valence-corrected chi connectivity index (χ1v) is 10.7. The summed E-state index contributed by atoms with van der Waals surface area (Å²) in [6.45, 7) is 2.00. The Balaban J connectivity index is 1.70. The zero-order chi connectivity index (χ0) is 22.5. The van der Waals surface area contributed by atoms with Gasteiger partial charge in [-0.05, 0) is 18.1 Å². The van der Waals surface area contributed by atoms with Crippen molar-refractivity contribution in [1.82, 2.24) is 15.1 Å². The molecule has 3 rings (SSSR count). The third kappa shape index (κ3) is 5.82. The summed E-state index contributed by atoms with van der Waals surface area (Å²) >= 11 is 1.32. The summed E-state index contributed by atoms with van der Waals surface area (Å²) in [5.74, 6) is -3.84. The first-order valence-electron chi connectivity index (χ1n) is 9.66. The van der Waals surface area contributed by atoms with Crippen LogP contribution < -0.4 is 5.32 Å². The van der Waals surface area contributed by atoms with Gasteiger partial charge in [0, 0.05) is 43.9 Å². The fourth-order valence-corrected chi connectivity index (χ4v) is 4.75. The highest BCUT2D eigenvalue weighted by Crippen LogP contribution is 2.27.